The van der Waals surface area contributed by atoms with Gasteiger partial charge < -0.3 is 31.5 Å². The molecule has 0 aromatic heterocycles. The van der Waals surface area contributed by atoms with Crippen LogP contribution in [0, 0.1) is 0 Å². The molecule has 0 aliphatic heterocycles. The van der Waals surface area contributed by atoms with E-state index >= 15 is 0 Å². The van der Waals surface area contributed by atoms with Gasteiger partial charge in [0.15, 0.2) is 0 Å². The predicted octanol–water partition coefficient (Wildman–Crippen LogP) is 5.08. The van der Waals surface area contributed by atoms with Gasteiger partial charge in [0.05, 0.1) is 18.8 Å². The van der Waals surface area contributed by atoms with E-state index in [1.165, 1.54) is 13.2 Å². The van der Waals surface area contributed by atoms with E-state index in [4.69, 9.17) is 16.2 Å². The lowest BCUT2D eigenvalue weighted by molar-refractivity contribution is -0.135. The molecular weight excluding hydrogens is 570 g/mol. The molecule has 0 radical (unpaired) electrons. The van der Waals surface area contributed by atoms with E-state index in [1.807, 2.05) is 83.4 Å². The summed E-state index contributed by atoms with van der Waals surface area (Å²) >= 11 is 0. The summed E-state index contributed by atoms with van der Waals surface area (Å²) in [5.41, 5.74) is 15.5. The van der Waals surface area contributed by atoms with Crippen LogP contribution in [0.5, 0.6) is 5.75 Å². The highest BCUT2D eigenvalue weighted by Crippen LogP contribution is 2.22. The first kappa shape index (κ1) is 38.1. The van der Waals surface area contributed by atoms with Crippen molar-refractivity contribution in [3.05, 3.63) is 107 Å². The largest absolute Gasteiger partial charge is 0.496 e. The minimum Gasteiger partial charge on any atom is -0.496 e. The zero-order valence-electron chi connectivity index (χ0n) is 27.1. The van der Waals surface area contributed by atoms with Crippen molar-refractivity contribution in [2.75, 3.05) is 14.2 Å². The molecule has 2 amide bonds. The van der Waals surface area contributed by atoms with Gasteiger partial charge in [-0.1, -0.05) is 74.5 Å². The second kappa shape index (κ2) is 20.1. The molecule has 0 heterocycles. The Morgan fingerprint density at radius 1 is 1.13 bits per heavy atom. The van der Waals surface area contributed by atoms with Crippen molar-refractivity contribution in [3.63, 3.8) is 0 Å². The van der Waals surface area contributed by atoms with Crippen LogP contribution in [0.4, 0.5) is 0 Å². The van der Waals surface area contributed by atoms with Crippen molar-refractivity contribution < 1.29 is 24.2 Å². The van der Waals surface area contributed by atoms with Gasteiger partial charge >= 0.3 is 5.97 Å². The van der Waals surface area contributed by atoms with Crippen LogP contribution >= 0.6 is 0 Å². The van der Waals surface area contributed by atoms with E-state index in [-0.39, 0.29) is 29.8 Å². The number of rotatable bonds is 12. The fourth-order valence-corrected chi connectivity index (χ4v) is 4.24. The standard InChI is InChI=1S/C23H29N3O5.C10H12N2.C2H6/c1-14(2)26(13-16-8-10-20(31-3)18(11-16)23(29)30)22(28)19(24)12-15-5-4-6-17(9-7-15)21(25)27;1-11-8-10(12-2)9-6-4-3-5-7-9;1-2/h4-5,7-11,14,19H,6,12-13,24H2,1-3H3,(H2,25,27)(H,29,30);3-8,11H,2H2,1H3;1-2H3/b;10-8-;. The lowest BCUT2D eigenvalue weighted by atomic mass is 10.0. The van der Waals surface area contributed by atoms with Crippen molar-refractivity contribution >= 4 is 30.2 Å². The number of allylic oxidation sites excluding steroid dienone is 4. The average Bonchev–Trinajstić information content (AvgIpc) is 3.29. The number of nitrogens with one attached hydrogen (secondary N) is 1. The summed E-state index contributed by atoms with van der Waals surface area (Å²) in [4.78, 5) is 41.4. The number of ether oxygens (including phenoxy) is 1. The summed E-state index contributed by atoms with van der Waals surface area (Å²) in [6.07, 6.45) is 9.60. The average molecular weight is 618 g/mol. The summed E-state index contributed by atoms with van der Waals surface area (Å²) in [5, 5.41) is 12.3. The van der Waals surface area contributed by atoms with Crippen molar-refractivity contribution in [2.45, 2.75) is 59.2 Å². The molecular formula is C35H47N5O5. The molecule has 10 nitrogen and oxygen atoms in total. The molecule has 1 atom stereocenters. The quantitative estimate of drug-likeness (QED) is 0.242. The minimum absolute atomic E-state index is 0.0336. The third-order valence-corrected chi connectivity index (χ3v) is 6.53. The Bertz CT molecular complexity index is 1410. The molecule has 0 bridgehead atoms. The van der Waals surface area contributed by atoms with Gasteiger partial charge in [0.1, 0.15) is 11.3 Å². The van der Waals surface area contributed by atoms with Crippen LogP contribution in [0.3, 0.4) is 0 Å². The molecule has 45 heavy (non-hydrogen) atoms. The number of carboxylic acid groups (broad SMARTS) is 1. The third-order valence-electron chi connectivity index (χ3n) is 6.53. The van der Waals surface area contributed by atoms with E-state index in [1.54, 1.807) is 29.2 Å². The number of amides is 2. The van der Waals surface area contributed by atoms with Crippen LogP contribution in [0.15, 0.2) is 95.2 Å². The smallest absolute Gasteiger partial charge is 0.339 e. The molecule has 1 aliphatic rings. The van der Waals surface area contributed by atoms with Gasteiger partial charge in [-0.3, -0.25) is 14.6 Å². The highest BCUT2D eigenvalue weighted by atomic mass is 16.5. The maximum Gasteiger partial charge on any atom is 0.339 e. The lowest BCUT2D eigenvalue weighted by Crippen LogP contribution is -2.46. The molecule has 10 heteroatoms. The number of benzene rings is 2. The number of nitrogens with two attached hydrogens (primary N) is 2. The van der Waals surface area contributed by atoms with E-state index in [0.717, 1.165) is 16.8 Å². The number of carbonyl (C=O) groups is 3. The highest BCUT2D eigenvalue weighted by Gasteiger charge is 2.25. The number of hydrogen-bond acceptors (Lipinski definition) is 7. The summed E-state index contributed by atoms with van der Waals surface area (Å²) in [6.45, 7) is 11.5. The summed E-state index contributed by atoms with van der Waals surface area (Å²) in [7, 11) is 3.25. The molecule has 242 valence electrons. The predicted molar refractivity (Wildman–Crippen MR) is 182 cm³/mol. The molecule has 0 fully saturated rings. The normalized spacial score (nSPS) is 12.9. The van der Waals surface area contributed by atoms with Gasteiger partial charge in [-0.25, -0.2) is 4.79 Å². The van der Waals surface area contributed by atoms with Crippen LogP contribution in [0.1, 0.15) is 62.0 Å². The molecule has 2 aromatic carbocycles. The second-order valence-electron chi connectivity index (χ2n) is 9.96. The summed E-state index contributed by atoms with van der Waals surface area (Å²) < 4.78 is 5.09. The Labute approximate surface area is 266 Å². The first-order chi connectivity index (χ1) is 21.5. The number of carbonyl (C=O) groups excluding carboxylic acids is 2. The van der Waals surface area contributed by atoms with E-state index in [0.29, 0.717) is 24.0 Å². The number of aromatic carboxylic acids is 1. The topological polar surface area (TPSA) is 160 Å². The zero-order valence-corrected chi connectivity index (χ0v) is 27.1. The number of methoxy groups -OCH3 is 1. The fourth-order valence-electron chi connectivity index (χ4n) is 4.24. The maximum absolute atomic E-state index is 13.1. The minimum atomic E-state index is -1.10. The highest BCUT2D eigenvalue weighted by molar-refractivity contribution is 5.93. The van der Waals surface area contributed by atoms with Gasteiger partial charge in [0.25, 0.3) is 0 Å². The first-order valence-electron chi connectivity index (χ1n) is 14.7. The second-order valence-corrected chi connectivity index (χ2v) is 9.96. The van der Waals surface area contributed by atoms with Crippen LogP contribution in [-0.4, -0.2) is 60.7 Å². The van der Waals surface area contributed by atoms with Crippen LogP contribution in [0.25, 0.3) is 5.70 Å². The zero-order chi connectivity index (χ0) is 33.9. The molecule has 2 aromatic rings. The van der Waals surface area contributed by atoms with Crippen LogP contribution < -0.4 is 21.5 Å². The Hall–Kier alpha value is -4.96. The molecule has 0 saturated heterocycles. The van der Waals surface area contributed by atoms with E-state index in [9.17, 15) is 19.5 Å². The SMILES string of the molecule is C=N/C(=C\NC)c1ccccc1.CC.COc1ccc(CN(C(=O)C(N)CC2=CC=C(C(N)=O)CC=C2)C(C)C)cc1C(=O)O. The van der Waals surface area contributed by atoms with Crippen molar-refractivity contribution in [1.82, 2.24) is 10.2 Å². The molecule has 0 spiro atoms. The van der Waals surface area contributed by atoms with Gasteiger partial charge in [-0.2, -0.15) is 0 Å². The first-order valence-corrected chi connectivity index (χ1v) is 14.7. The van der Waals surface area contributed by atoms with Crippen molar-refractivity contribution in [1.29, 1.82) is 0 Å². The number of aliphatic imine (C=N–C) groups is 1. The summed E-state index contributed by atoms with van der Waals surface area (Å²) in [6, 6.07) is 13.8. The summed E-state index contributed by atoms with van der Waals surface area (Å²) in [5.74, 6) is -1.58. The molecule has 3 rings (SSSR count). The Kier molecular flexibility index (Phi) is 17.0. The van der Waals surface area contributed by atoms with Crippen molar-refractivity contribution in [2.24, 2.45) is 16.5 Å². The molecule has 6 N–H and O–H groups in total. The van der Waals surface area contributed by atoms with Crippen LogP contribution in [0.2, 0.25) is 0 Å². The monoisotopic (exact) mass is 617 g/mol. The Balaban J connectivity index is 0.000000601. The maximum atomic E-state index is 13.1. The van der Waals surface area contributed by atoms with Gasteiger partial charge in [-0.05, 0) is 56.7 Å². The van der Waals surface area contributed by atoms with Gasteiger partial charge in [-0.15, -0.1) is 0 Å². The van der Waals surface area contributed by atoms with Gasteiger partial charge in [0, 0.05) is 37.0 Å². The number of hydrogen-bond donors (Lipinski definition) is 4. The van der Waals surface area contributed by atoms with E-state index < -0.39 is 17.9 Å². The van der Waals surface area contributed by atoms with E-state index in [2.05, 4.69) is 17.0 Å². The molecule has 1 unspecified atom stereocenters. The molecule has 1 aliphatic carbocycles. The van der Waals surface area contributed by atoms with Crippen LogP contribution in [-0.2, 0) is 16.1 Å². The Morgan fingerprint density at radius 2 is 1.80 bits per heavy atom. The third kappa shape index (κ3) is 12.3. The fraction of sp³-hybridized carbons (Fsp3) is 0.314. The number of carboxylic acids is 1. The number of nitrogens with zero attached hydrogens (tertiary/aromatic N) is 2. The number of primary amides is 1. The molecule has 0 saturated carbocycles. The van der Waals surface area contributed by atoms with Crippen molar-refractivity contribution in [3.8, 4) is 5.75 Å². The van der Waals surface area contributed by atoms with Gasteiger partial charge in [0.2, 0.25) is 11.8 Å². The lowest BCUT2D eigenvalue weighted by Gasteiger charge is -2.30. The Morgan fingerprint density at radius 3 is 2.33 bits per heavy atom.